The van der Waals surface area contributed by atoms with Crippen LogP contribution in [0.1, 0.15) is 22.0 Å². The van der Waals surface area contributed by atoms with Gasteiger partial charge < -0.3 is 10.2 Å². The van der Waals surface area contributed by atoms with Gasteiger partial charge in [-0.1, -0.05) is 12.1 Å². The average molecular weight is 354 g/mol. The lowest BCUT2D eigenvalue weighted by molar-refractivity contribution is 0.0942. The van der Waals surface area contributed by atoms with E-state index in [1.54, 1.807) is 30.3 Å². The summed E-state index contributed by atoms with van der Waals surface area (Å²) < 4.78 is 15.0. The van der Waals surface area contributed by atoms with Crippen LogP contribution in [0.15, 0.2) is 54.9 Å². The molecule has 0 saturated heterocycles. The number of tetrazole rings is 1. The molecule has 0 spiro atoms. The number of rotatable bonds is 6. The molecular formula is C18H19FN6O. The molecule has 0 bridgehead atoms. The van der Waals surface area contributed by atoms with Crippen LogP contribution in [-0.2, 0) is 0 Å². The molecule has 7 nitrogen and oxygen atoms in total. The molecule has 0 aliphatic rings. The van der Waals surface area contributed by atoms with Gasteiger partial charge in [-0.15, -0.1) is 5.10 Å². The van der Waals surface area contributed by atoms with Crippen molar-refractivity contribution in [3.8, 4) is 5.69 Å². The monoisotopic (exact) mass is 354 g/mol. The summed E-state index contributed by atoms with van der Waals surface area (Å²) in [6, 6.07) is 13.2. The lowest BCUT2D eigenvalue weighted by Crippen LogP contribution is -2.34. The first-order chi connectivity index (χ1) is 12.5. The van der Waals surface area contributed by atoms with Crippen LogP contribution < -0.4 is 5.32 Å². The summed E-state index contributed by atoms with van der Waals surface area (Å²) in [6.45, 7) is 0.365. The number of benzene rings is 2. The normalized spacial score (nSPS) is 12.2. The molecule has 3 aromatic rings. The van der Waals surface area contributed by atoms with E-state index in [4.69, 9.17) is 0 Å². The van der Waals surface area contributed by atoms with Crippen LogP contribution in [-0.4, -0.2) is 51.7 Å². The third-order valence-corrected chi connectivity index (χ3v) is 4.06. The minimum absolute atomic E-state index is 0.129. The summed E-state index contributed by atoms with van der Waals surface area (Å²) >= 11 is 0. The van der Waals surface area contributed by atoms with Crippen molar-refractivity contribution in [2.75, 3.05) is 20.6 Å². The second-order valence-corrected chi connectivity index (χ2v) is 6.05. The smallest absolute Gasteiger partial charge is 0.251 e. The van der Waals surface area contributed by atoms with E-state index >= 15 is 0 Å². The van der Waals surface area contributed by atoms with Crippen LogP contribution in [0.5, 0.6) is 0 Å². The van der Waals surface area contributed by atoms with Crippen LogP contribution in [0.2, 0.25) is 0 Å². The van der Waals surface area contributed by atoms with Crippen LogP contribution in [0, 0.1) is 5.82 Å². The van der Waals surface area contributed by atoms with Crippen LogP contribution in [0.3, 0.4) is 0 Å². The van der Waals surface area contributed by atoms with Gasteiger partial charge in [-0.2, -0.15) is 0 Å². The van der Waals surface area contributed by atoms with Gasteiger partial charge in [0.2, 0.25) is 0 Å². The molecule has 0 aliphatic heterocycles. The highest BCUT2D eigenvalue weighted by Crippen LogP contribution is 2.18. The van der Waals surface area contributed by atoms with Crippen molar-refractivity contribution in [2.45, 2.75) is 6.04 Å². The zero-order valence-electron chi connectivity index (χ0n) is 14.5. The van der Waals surface area contributed by atoms with Crippen molar-refractivity contribution in [1.82, 2.24) is 30.4 Å². The van der Waals surface area contributed by atoms with Crippen molar-refractivity contribution in [1.29, 1.82) is 0 Å². The number of likely N-dealkylation sites (N-methyl/N-ethyl adjacent to an activating group) is 1. The molecule has 0 aliphatic carbocycles. The van der Waals surface area contributed by atoms with E-state index in [1.807, 2.05) is 25.1 Å². The van der Waals surface area contributed by atoms with Crippen LogP contribution >= 0.6 is 0 Å². The molecule has 1 N–H and O–H groups in total. The van der Waals surface area contributed by atoms with Gasteiger partial charge in [-0.3, -0.25) is 4.79 Å². The Hall–Kier alpha value is -3.13. The van der Waals surface area contributed by atoms with E-state index in [9.17, 15) is 9.18 Å². The Morgan fingerprint density at radius 2 is 2.00 bits per heavy atom. The first-order valence-corrected chi connectivity index (χ1v) is 8.08. The van der Waals surface area contributed by atoms with Gasteiger partial charge in [0.1, 0.15) is 12.1 Å². The highest BCUT2D eigenvalue weighted by atomic mass is 19.1. The van der Waals surface area contributed by atoms with Crippen LogP contribution in [0.25, 0.3) is 5.69 Å². The highest BCUT2D eigenvalue weighted by molar-refractivity contribution is 5.94. The van der Waals surface area contributed by atoms with Gasteiger partial charge in [0.25, 0.3) is 5.91 Å². The second-order valence-electron chi connectivity index (χ2n) is 6.05. The summed E-state index contributed by atoms with van der Waals surface area (Å²) in [5.74, 6) is -0.490. The number of nitrogens with one attached hydrogen (secondary N) is 1. The molecule has 134 valence electrons. The topological polar surface area (TPSA) is 75.9 Å². The Bertz CT molecular complexity index is 864. The molecule has 1 atom stereocenters. The van der Waals surface area contributed by atoms with Gasteiger partial charge in [0.05, 0.1) is 11.7 Å². The Morgan fingerprint density at radius 1 is 1.23 bits per heavy atom. The molecule has 8 heteroatoms. The number of halogens is 1. The summed E-state index contributed by atoms with van der Waals surface area (Å²) in [4.78, 5) is 14.4. The van der Waals surface area contributed by atoms with Crippen LogP contribution in [0.4, 0.5) is 4.39 Å². The number of aromatic nitrogens is 4. The van der Waals surface area contributed by atoms with Gasteiger partial charge in [-0.05, 0) is 66.5 Å². The first kappa shape index (κ1) is 17.7. The quantitative estimate of drug-likeness (QED) is 0.731. The third-order valence-electron chi connectivity index (χ3n) is 4.06. The highest BCUT2D eigenvalue weighted by Gasteiger charge is 2.16. The number of nitrogens with zero attached hydrogens (tertiary/aromatic N) is 5. The Balaban J connectivity index is 1.67. The maximum Gasteiger partial charge on any atom is 0.251 e. The van der Waals surface area contributed by atoms with E-state index in [0.29, 0.717) is 12.1 Å². The Morgan fingerprint density at radius 3 is 2.62 bits per heavy atom. The summed E-state index contributed by atoms with van der Waals surface area (Å²) in [5, 5.41) is 13.9. The van der Waals surface area contributed by atoms with E-state index in [2.05, 4.69) is 20.8 Å². The van der Waals surface area contributed by atoms with E-state index in [-0.39, 0.29) is 17.8 Å². The summed E-state index contributed by atoms with van der Waals surface area (Å²) in [5.41, 5.74) is 2.10. The first-order valence-electron chi connectivity index (χ1n) is 8.08. The molecule has 0 unspecified atom stereocenters. The molecule has 3 rings (SSSR count). The molecule has 0 saturated carbocycles. The van der Waals surface area contributed by atoms with E-state index in [0.717, 1.165) is 11.3 Å². The SMILES string of the molecule is CN(C)[C@H](CNC(=O)c1ccc(-n2cnnn2)cc1)c1cccc(F)c1. The number of amides is 1. The van der Waals surface area contributed by atoms with Gasteiger partial charge >= 0.3 is 0 Å². The average Bonchev–Trinajstić information content (AvgIpc) is 3.16. The van der Waals surface area contributed by atoms with Crippen molar-refractivity contribution in [3.63, 3.8) is 0 Å². The minimum atomic E-state index is -0.293. The fraction of sp³-hybridized carbons (Fsp3) is 0.222. The van der Waals surface area contributed by atoms with Gasteiger partial charge in [0, 0.05) is 12.1 Å². The summed E-state index contributed by atoms with van der Waals surface area (Å²) in [6.07, 6.45) is 1.48. The zero-order valence-corrected chi connectivity index (χ0v) is 14.5. The molecule has 1 aromatic heterocycles. The maximum atomic E-state index is 13.5. The molecule has 1 amide bonds. The van der Waals surface area contributed by atoms with Gasteiger partial charge in [-0.25, -0.2) is 9.07 Å². The fourth-order valence-electron chi connectivity index (χ4n) is 2.65. The molecule has 0 fully saturated rings. The molecule has 1 heterocycles. The summed E-state index contributed by atoms with van der Waals surface area (Å²) in [7, 11) is 3.78. The van der Waals surface area contributed by atoms with E-state index < -0.39 is 0 Å². The van der Waals surface area contributed by atoms with Gasteiger partial charge in [0.15, 0.2) is 0 Å². The maximum absolute atomic E-state index is 13.5. The van der Waals surface area contributed by atoms with Crippen molar-refractivity contribution in [2.24, 2.45) is 0 Å². The third kappa shape index (κ3) is 4.09. The Kier molecular flexibility index (Phi) is 5.33. The number of carbonyl (C=O) groups excluding carboxylic acids is 1. The predicted octanol–water partition coefficient (Wildman–Crippen LogP) is 1.83. The lowest BCUT2D eigenvalue weighted by Gasteiger charge is -2.25. The largest absolute Gasteiger partial charge is 0.350 e. The number of carbonyl (C=O) groups is 1. The van der Waals surface area contributed by atoms with E-state index in [1.165, 1.54) is 23.1 Å². The van der Waals surface area contributed by atoms with Crippen molar-refractivity contribution in [3.05, 3.63) is 71.8 Å². The second kappa shape index (κ2) is 7.83. The predicted molar refractivity (Wildman–Crippen MR) is 94.3 cm³/mol. The van der Waals surface area contributed by atoms with Crippen molar-refractivity contribution >= 4 is 5.91 Å². The molecular weight excluding hydrogens is 335 g/mol. The minimum Gasteiger partial charge on any atom is -0.350 e. The standard InChI is InChI=1S/C18H19FN6O/c1-24(2)17(14-4-3-5-15(19)10-14)11-20-18(26)13-6-8-16(9-7-13)25-12-21-22-23-25/h3-10,12,17H,11H2,1-2H3,(H,20,26)/t17-/m1/s1. The number of hydrogen-bond donors (Lipinski definition) is 1. The number of hydrogen-bond acceptors (Lipinski definition) is 5. The molecule has 0 radical (unpaired) electrons. The molecule has 26 heavy (non-hydrogen) atoms. The zero-order chi connectivity index (χ0) is 18.5. The van der Waals surface area contributed by atoms with Crippen molar-refractivity contribution < 1.29 is 9.18 Å². The lowest BCUT2D eigenvalue weighted by atomic mass is 10.1. The molecule has 2 aromatic carbocycles. The Labute approximate surface area is 150 Å². The fourth-order valence-corrected chi connectivity index (χ4v) is 2.65.